The monoisotopic (exact) mass is 156 g/mol. The molecule has 66 valence electrons. The van der Waals surface area contributed by atoms with Crippen molar-refractivity contribution in [2.75, 3.05) is 0 Å². The smallest absolute Gasteiger partial charge is 0.0545 e. The lowest BCUT2D eigenvalue weighted by Gasteiger charge is -2.32. The van der Waals surface area contributed by atoms with Gasteiger partial charge in [-0.25, -0.2) is 0 Å². The highest BCUT2D eigenvalue weighted by Gasteiger charge is 2.26. The van der Waals surface area contributed by atoms with Gasteiger partial charge in [-0.3, -0.25) is 0 Å². The second kappa shape index (κ2) is 3.57. The van der Waals surface area contributed by atoms with Crippen molar-refractivity contribution in [3.63, 3.8) is 0 Å². The summed E-state index contributed by atoms with van der Waals surface area (Å²) in [4.78, 5) is 0. The minimum Gasteiger partial charge on any atom is -0.393 e. The van der Waals surface area contributed by atoms with Crippen LogP contribution in [-0.2, 0) is 0 Å². The maximum atomic E-state index is 9.50. The molecule has 1 nitrogen and oxygen atoms in total. The molecule has 1 N–H and O–H groups in total. The summed E-state index contributed by atoms with van der Waals surface area (Å²) in [5, 5.41) is 9.50. The Morgan fingerprint density at radius 1 is 1.18 bits per heavy atom. The number of aliphatic hydroxyl groups excluding tert-OH is 1. The molecule has 2 unspecified atom stereocenters. The van der Waals surface area contributed by atoms with Gasteiger partial charge in [0.25, 0.3) is 0 Å². The summed E-state index contributed by atoms with van der Waals surface area (Å²) in [7, 11) is 0. The SMILES string of the molecule is CC1CC(O)C[C@@H](C(C)C)C1. The standard InChI is InChI=1S/C10H20O/c1-7(2)9-4-8(3)5-10(11)6-9/h7-11H,4-6H2,1-3H3/t8?,9-,10?/m0/s1. The van der Waals surface area contributed by atoms with Crippen LogP contribution in [0.15, 0.2) is 0 Å². The molecular weight excluding hydrogens is 136 g/mol. The highest BCUT2D eigenvalue weighted by molar-refractivity contribution is 4.77. The van der Waals surface area contributed by atoms with Gasteiger partial charge in [-0.2, -0.15) is 0 Å². The van der Waals surface area contributed by atoms with Crippen molar-refractivity contribution >= 4 is 0 Å². The first-order valence-electron chi connectivity index (χ1n) is 4.77. The van der Waals surface area contributed by atoms with Crippen LogP contribution < -0.4 is 0 Å². The van der Waals surface area contributed by atoms with E-state index in [1.165, 1.54) is 6.42 Å². The maximum Gasteiger partial charge on any atom is 0.0545 e. The van der Waals surface area contributed by atoms with Crippen molar-refractivity contribution in [1.29, 1.82) is 0 Å². The normalized spacial score (nSPS) is 39.5. The van der Waals surface area contributed by atoms with E-state index in [4.69, 9.17) is 0 Å². The van der Waals surface area contributed by atoms with E-state index in [0.29, 0.717) is 0 Å². The van der Waals surface area contributed by atoms with Crippen LogP contribution in [0.25, 0.3) is 0 Å². The average Bonchev–Trinajstić information content (AvgIpc) is 1.85. The molecule has 0 aromatic carbocycles. The van der Waals surface area contributed by atoms with Crippen LogP contribution in [0.5, 0.6) is 0 Å². The van der Waals surface area contributed by atoms with Gasteiger partial charge in [0.05, 0.1) is 6.10 Å². The van der Waals surface area contributed by atoms with Crippen LogP contribution in [0.1, 0.15) is 40.0 Å². The van der Waals surface area contributed by atoms with Crippen LogP contribution in [0.3, 0.4) is 0 Å². The summed E-state index contributed by atoms with van der Waals surface area (Å²) >= 11 is 0. The lowest BCUT2D eigenvalue weighted by atomic mass is 9.76. The van der Waals surface area contributed by atoms with Crippen molar-refractivity contribution in [1.82, 2.24) is 0 Å². The third-order valence-electron chi connectivity index (χ3n) is 2.90. The molecule has 1 saturated carbocycles. The van der Waals surface area contributed by atoms with Crippen LogP contribution in [0.4, 0.5) is 0 Å². The summed E-state index contributed by atoms with van der Waals surface area (Å²) in [6.07, 6.45) is 3.34. The van der Waals surface area contributed by atoms with Gasteiger partial charge in [-0.15, -0.1) is 0 Å². The van der Waals surface area contributed by atoms with Crippen molar-refractivity contribution in [3.8, 4) is 0 Å². The van der Waals surface area contributed by atoms with Crippen molar-refractivity contribution in [2.24, 2.45) is 17.8 Å². The summed E-state index contributed by atoms with van der Waals surface area (Å²) in [5.74, 6) is 2.23. The highest BCUT2D eigenvalue weighted by Crippen LogP contribution is 2.33. The van der Waals surface area contributed by atoms with E-state index >= 15 is 0 Å². The molecule has 0 saturated heterocycles. The van der Waals surface area contributed by atoms with Gasteiger partial charge in [0.15, 0.2) is 0 Å². The molecule has 0 radical (unpaired) electrons. The average molecular weight is 156 g/mol. The summed E-state index contributed by atoms with van der Waals surface area (Å²) < 4.78 is 0. The predicted octanol–water partition coefficient (Wildman–Crippen LogP) is 2.44. The van der Waals surface area contributed by atoms with E-state index in [0.717, 1.165) is 30.6 Å². The molecule has 0 heterocycles. The number of hydrogen-bond donors (Lipinski definition) is 1. The minimum absolute atomic E-state index is 0.0221. The van der Waals surface area contributed by atoms with E-state index in [1.54, 1.807) is 0 Å². The first-order chi connectivity index (χ1) is 5.09. The van der Waals surface area contributed by atoms with E-state index in [1.807, 2.05) is 0 Å². The fraction of sp³-hybridized carbons (Fsp3) is 1.00. The first-order valence-corrected chi connectivity index (χ1v) is 4.77. The number of aliphatic hydroxyl groups is 1. The molecule has 0 aliphatic heterocycles. The van der Waals surface area contributed by atoms with Crippen LogP contribution in [0, 0.1) is 17.8 Å². The number of rotatable bonds is 1. The van der Waals surface area contributed by atoms with Gasteiger partial charge in [-0.05, 0) is 37.0 Å². The van der Waals surface area contributed by atoms with E-state index in [-0.39, 0.29) is 6.10 Å². The predicted molar refractivity (Wildman–Crippen MR) is 47.3 cm³/mol. The topological polar surface area (TPSA) is 20.2 Å². The third kappa shape index (κ3) is 2.48. The first kappa shape index (κ1) is 9.05. The van der Waals surface area contributed by atoms with E-state index in [2.05, 4.69) is 20.8 Å². The Balaban J connectivity index is 2.43. The van der Waals surface area contributed by atoms with Crippen LogP contribution >= 0.6 is 0 Å². The molecule has 1 fully saturated rings. The zero-order chi connectivity index (χ0) is 8.43. The second-order valence-corrected chi connectivity index (χ2v) is 4.47. The molecule has 1 rings (SSSR count). The Bertz CT molecular complexity index is 110. The third-order valence-corrected chi connectivity index (χ3v) is 2.90. The Kier molecular flexibility index (Phi) is 2.94. The van der Waals surface area contributed by atoms with Gasteiger partial charge >= 0.3 is 0 Å². The zero-order valence-electron chi connectivity index (χ0n) is 7.88. The molecular formula is C10H20O. The molecule has 0 spiro atoms. The van der Waals surface area contributed by atoms with Gasteiger partial charge < -0.3 is 5.11 Å². The lowest BCUT2D eigenvalue weighted by Crippen LogP contribution is -2.27. The maximum absolute atomic E-state index is 9.50. The highest BCUT2D eigenvalue weighted by atomic mass is 16.3. The van der Waals surface area contributed by atoms with Crippen molar-refractivity contribution in [3.05, 3.63) is 0 Å². The Morgan fingerprint density at radius 2 is 1.82 bits per heavy atom. The second-order valence-electron chi connectivity index (χ2n) is 4.47. The van der Waals surface area contributed by atoms with Crippen molar-refractivity contribution < 1.29 is 5.11 Å². The van der Waals surface area contributed by atoms with Gasteiger partial charge in [0.2, 0.25) is 0 Å². The molecule has 11 heavy (non-hydrogen) atoms. The summed E-state index contributed by atoms with van der Waals surface area (Å²) in [6.45, 7) is 6.77. The van der Waals surface area contributed by atoms with Gasteiger partial charge in [0, 0.05) is 0 Å². The van der Waals surface area contributed by atoms with Gasteiger partial charge in [-0.1, -0.05) is 20.8 Å². The molecule has 3 atom stereocenters. The largest absolute Gasteiger partial charge is 0.393 e. The lowest BCUT2D eigenvalue weighted by molar-refractivity contribution is 0.0599. The fourth-order valence-corrected chi connectivity index (χ4v) is 2.16. The van der Waals surface area contributed by atoms with Crippen LogP contribution in [0.2, 0.25) is 0 Å². The van der Waals surface area contributed by atoms with Crippen LogP contribution in [-0.4, -0.2) is 11.2 Å². The quantitative estimate of drug-likeness (QED) is 0.618. The Labute approximate surface area is 69.8 Å². The molecule has 1 heteroatoms. The molecule has 1 aliphatic rings. The molecule has 1 aliphatic carbocycles. The minimum atomic E-state index is -0.0221. The van der Waals surface area contributed by atoms with E-state index in [9.17, 15) is 5.11 Å². The molecule has 0 amide bonds. The Morgan fingerprint density at radius 3 is 2.27 bits per heavy atom. The fourth-order valence-electron chi connectivity index (χ4n) is 2.16. The molecule has 0 aromatic heterocycles. The van der Waals surface area contributed by atoms with E-state index < -0.39 is 0 Å². The Hall–Kier alpha value is -0.0400. The van der Waals surface area contributed by atoms with Gasteiger partial charge in [0.1, 0.15) is 0 Å². The summed E-state index contributed by atoms with van der Waals surface area (Å²) in [6, 6.07) is 0. The molecule has 0 bridgehead atoms. The van der Waals surface area contributed by atoms with Crippen molar-refractivity contribution in [2.45, 2.75) is 46.1 Å². The number of hydrogen-bond acceptors (Lipinski definition) is 1. The zero-order valence-corrected chi connectivity index (χ0v) is 7.88. The molecule has 0 aromatic rings. The summed E-state index contributed by atoms with van der Waals surface area (Å²) in [5.41, 5.74) is 0.